The van der Waals surface area contributed by atoms with Gasteiger partial charge in [0.1, 0.15) is 0 Å². The Bertz CT molecular complexity index is 539. The second kappa shape index (κ2) is 9.00. The predicted octanol–water partition coefficient (Wildman–Crippen LogP) is 4.36. The van der Waals surface area contributed by atoms with E-state index in [9.17, 15) is 0 Å². The summed E-state index contributed by atoms with van der Waals surface area (Å²) in [7, 11) is 0. The van der Waals surface area contributed by atoms with E-state index in [1.165, 1.54) is 11.1 Å². The van der Waals surface area contributed by atoms with Gasteiger partial charge in [-0.15, -0.1) is 12.3 Å². The molecule has 2 aromatic carbocycles. The molecule has 1 N–H and O–H groups in total. The van der Waals surface area contributed by atoms with Crippen LogP contribution in [0.25, 0.3) is 0 Å². The molecule has 0 aliphatic heterocycles. The highest BCUT2D eigenvalue weighted by atomic mass is 14.9. The van der Waals surface area contributed by atoms with Gasteiger partial charge in [0.05, 0.1) is 0 Å². The van der Waals surface area contributed by atoms with Crippen molar-refractivity contribution in [3.05, 3.63) is 71.8 Å². The van der Waals surface area contributed by atoms with Gasteiger partial charge in [-0.05, 0) is 36.9 Å². The van der Waals surface area contributed by atoms with Crippen LogP contribution in [0.2, 0.25) is 0 Å². The van der Waals surface area contributed by atoms with Crippen LogP contribution in [0.4, 0.5) is 0 Å². The van der Waals surface area contributed by atoms with Crippen molar-refractivity contribution in [3.8, 4) is 12.3 Å². The van der Waals surface area contributed by atoms with E-state index in [0.717, 1.165) is 32.2 Å². The van der Waals surface area contributed by atoms with E-state index in [-0.39, 0.29) is 0 Å². The number of nitrogens with one attached hydrogen (secondary N) is 1. The maximum absolute atomic E-state index is 5.29. The molecule has 1 nitrogen and oxygen atoms in total. The standard InChI is InChI=1S/C20H23N/c1-2-3-4-11-16-21-20(19-14-9-6-10-15-19)17-18-12-7-5-8-13-18/h1,5-10,12-15,20-21H,3-4,11,16-17H2. The van der Waals surface area contributed by atoms with E-state index in [0.29, 0.717) is 6.04 Å². The van der Waals surface area contributed by atoms with Gasteiger partial charge >= 0.3 is 0 Å². The molecule has 0 spiro atoms. The molecule has 0 fully saturated rings. The van der Waals surface area contributed by atoms with Crippen molar-refractivity contribution < 1.29 is 0 Å². The SMILES string of the molecule is C#CCCCCNC(Cc1ccccc1)c1ccccc1. The van der Waals surface area contributed by atoms with Crippen LogP contribution >= 0.6 is 0 Å². The van der Waals surface area contributed by atoms with E-state index in [1.807, 2.05) is 0 Å². The zero-order valence-corrected chi connectivity index (χ0v) is 12.5. The minimum Gasteiger partial charge on any atom is -0.310 e. The molecule has 1 heteroatoms. The van der Waals surface area contributed by atoms with Crippen molar-refractivity contribution in [1.29, 1.82) is 0 Å². The lowest BCUT2D eigenvalue weighted by molar-refractivity contribution is 0.514. The van der Waals surface area contributed by atoms with E-state index in [2.05, 4.69) is 71.9 Å². The highest BCUT2D eigenvalue weighted by Gasteiger charge is 2.10. The molecule has 0 bridgehead atoms. The quantitative estimate of drug-likeness (QED) is 0.558. The van der Waals surface area contributed by atoms with Crippen molar-refractivity contribution in [2.45, 2.75) is 31.7 Å². The smallest absolute Gasteiger partial charge is 0.0360 e. The first-order chi connectivity index (χ1) is 10.4. The average molecular weight is 277 g/mol. The van der Waals surface area contributed by atoms with Crippen molar-refractivity contribution >= 4 is 0 Å². The van der Waals surface area contributed by atoms with E-state index < -0.39 is 0 Å². The molecule has 1 unspecified atom stereocenters. The number of hydrogen-bond acceptors (Lipinski definition) is 1. The third kappa shape index (κ3) is 5.45. The second-order valence-electron chi connectivity index (χ2n) is 5.27. The Morgan fingerprint density at radius 3 is 2.24 bits per heavy atom. The van der Waals surface area contributed by atoms with E-state index in [4.69, 9.17) is 6.42 Å². The first-order valence-corrected chi connectivity index (χ1v) is 7.66. The summed E-state index contributed by atoms with van der Waals surface area (Å²) in [6.45, 7) is 1.01. The molecule has 0 heterocycles. The van der Waals surface area contributed by atoms with Gasteiger partial charge in [-0.3, -0.25) is 0 Å². The predicted molar refractivity (Wildman–Crippen MR) is 90.0 cm³/mol. The first-order valence-electron chi connectivity index (χ1n) is 7.66. The van der Waals surface area contributed by atoms with Crippen LogP contribution in [-0.2, 0) is 6.42 Å². The van der Waals surface area contributed by atoms with Crippen LogP contribution in [0.1, 0.15) is 36.4 Å². The van der Waals surface area contributed by atoms with Crippen LogP contribution in [0, 0.1) is 12.3 Å². The number of terminal acetylenes is 1. The van der Waals surface area contributed by atoms with Crippen LogP contribution in [0.5, 0.6) is 0 Å². The Morgan fingerprint density at radius 1 is 0.905 bits per heavy atom. The molecular weight excluding hydrogens is 254 g/mol. The average Bonchev–Trinajstić information content (AvgIpc) is 2.55. The molecular formula is C20H23N. The Hall–Kier alpha value is -2.04. The molecule has 0 radical (unpaired) electrons. The monoisotopic (exact) mass is 277 g/mol. The van der Waals surface area contributed by atoms with Gasteiger partial charge < -0.3 is 5.32 Å². The summed E-state index contributed by atoms with van der Waals surface area (Å²) in [5.74, 6) is 2.70. The van der Waals surface area contributed by atoms with Gasteiger partial charge in [0.2, 0.25) is 0 Å². The first kappa shape index (κ1) is 15.4. The molecule has 1 atom stereocenters. The molecule has 0 saturated carbocycles. The summed E-state index contributed by atoms with van der Waals surface area (Å²) >= 11 is 0. The van der Waals surface area contributed by atoms with Gasteiger partial charge in [-0.1, -0.05) is 60.7 Å². The molecule has 0 saturated heterocycles. The Kier molecular flexibility index (Phi) is 6.58. The number of rotatable bonds is 8. The Labute approximate surface area is 128 Å². The van der Waals surface area contributed by atoms with Crippen LogP contribution < -0.4 is 5.32 Å². The Morgan fingerprint density at radius 2 is 1.57 bits per heavy atom. The minimum atomic E-state index is 0.361. The molecule has 0 aliphatic rings. The molecule has 0 aromatic heterocycles. The van der Waals surface area contributed by atoms with Crippen molar-refractivity contribution in [2.75, 3.05) is 6.54 Å². The summed E-state index contributed by atoms with van der Waals surface area (Å²) in [6, 6.07) is 21.7. The van der Waals surface area contributed by atoms with Crippen molar-refractivity contribution in [3.63, 3.8) is 0 Å². The van der Waals surface area contributed by atoms with Gasteiger partial charge in [0.25, 0.3) is 0 Å². The summed E-state index contributed by atoms with van der Waals surface area (Å²) in [6.07, 6.45) is 9.40. The van der Waals surface area contributed by atoms with Crippen LogP contribution in [0.15, 0.2) is 60.7 Å². The molecule has 21 heavy (non-hydrogen) atoms. The fourth-order valence-electron chi connectivity index (χ4n) is 2.47. The molecule has 2 rings (SSSR count). The van der Waals surface area contributed by atoms with Gasteiger partial charge in [0, 0.05) is 12.5 Å². The summed E-state index contributed by atoms with van der Waals surface area (Å²) < 4.78 is 0. The van der Waals surface area contributed by atoms with Gasteiger partial charge in [-0.25, -0.2) is 0 Å². The van der Waals surface area contributed by atoms with Gasteiger partial charge in [-0.2, -0.15) is 0 Å². The number of unbranched alkanes of at least 4 members (excludes halogenated alkanes) is 2. The molecule has 108 valence electrons. The van der Waals surface area contributed by atoms with Crippen LogP contribution in [0.3, 0.4) is 0 Å². The third-order valence-corrected chi connectivity index (χ3v) is 3.62. The number of benzene rings is 2. The zero-order valence-electron chi connectivity index (χ0n) is 12.5. The maximum atomic E-state index is 5.29. The lowest BCUT2D eigenvalue weighted by Gasteiger charge is -2.19. The molecule has 0 aliphatic carbocycles. The lowest BCUT2D eigenvalue weighted by Crippen LogP contribution is -2.24. The molecule has 0 amide bonds. The highest BCUT2D eigenvalue weighted by Crippen LogP contribution is 2.18. The highest BCUT2D eigenvalue weighted by molar-refractivity contribution is 5.23. The maximum Gasteiger partial charge on any atom is 0.0360 e. The van der Waals surface area contributed by atoms with E-state index in [1.54, 1.807) is 0 Å². The van der Waals surface area contributed by atoms with Crippen molar-refractivity contribution in [2.24, 2.45) is 0 Å². The lowest BCUT2D eigenvalue weighted by atomic mass is 9.98. The van der Waals surface area contributed by atoms with Crippen molar-refractivity contribution in [1.82, 2.24) is 5.32 Å². The summed E-state index contributed by atoms with van der Waals surface area (Å²) in [5.41, 5.74) is 2.71. The fraction of sp³-hybridized carbons (Fsp3) is 0.300. The Balaban J connectivity index is 1.96. The van der Waals surface area contributed by atoms with Gasteiger partial charge in [0.15, 0.2) is 0 Å². The fourth-order valence-corrected chi connectivity index (χ4v) is 2.47. The number of hydrogen-bond donors (Lipinski definition) is 1. The minimum absolute atomic E-state index is 0.361. The summed E-state index contributed by atoms with van der Waals surface area (Å²) in [5, 5.41) is 3.67. The zero-order chi connectivity index (χ0) is 14.8. The largest absolute Gasteiger partial charge is 0.310 e. The normalized spacial score (nSPS) is 11.8. The molecule has 2 aromatic rings. The second-order valence-corrected chi connectivity index (χ2v) is 5.27. The summed E-state index contributed by atoms with van der Waals surface area (Å²) in [4.78, 5) is 0. The van der Waals surface area contributed by atoms with Crippen LogP contribution in [-0.4, -0.2) is 6.54 Å². The topological polar surface area (TPSA) is 12.0 Å². The van der Waals surface area contributed by atoms with E-state index >= 15 is 0 Å². The third-order valence-electron chi connectivity index (χ3n) is 3.62.